The molecule has 1 unspecified atom stereocenters. The highest BCUT2D eigenvalue weighted by molar-refractivity contribution is 6.31. The second-order valence-electron chi connectivity index (χ2n) is 7.30. The summed E-state index contributed by atoms with van der Waals surface area (Å²) in [7, 11) is 4.73. The van der Waals surface area contributed by atoms with Crippen molar-refractivity contribution in [2.75, 3.05) is 14.2 Å². The fraction of sp³-hybridized carbons (Fsp3) is 0.217. The van der Waals surface area contributed by atoms with Crippen molar-refractivity contribution in [1.82, 2.24) is 20.2 Å². The summed E-state index contributed by atoms with van der Waals surface area (Å²) in [6.45, 7) is 0.198. The number of aryl methyl sites for hydroxylation is 1. The standard InChI is InChI=1S/C23H25ClN6O4.ClH/c1-27-22(32)18-10-13(20(25)26)4-5-17(18)23(33-3)29-21(31)14-8-15(24)11-16(9-14)34-12-19-28-6-7-30(19)2;/h4-11,23H,12H2,1-3H3,(H3,25,26)(H,27,32)(H,29,31);1H. The maximum Gasteiger partial charge on any atom is 0.253 e. The lowest BCUT2D eigenvalue weighted by atomic mass is 10.0. The summed E-state index contributed by atoms with van der Waals surface area (Å²) in [6, 6.07) is 9.27. The van der Waals surface area contributed by atoms with Crippen molar-refractivity contribution in [2.24, 2.45) is 12.8 Å². The third kappa shape index (κ3) is 6.72. The number of nitrogens with one attached hydrogen (secondary N) is 3. The Bertz CT molecular complexity index is 1230. The van der Waals surface area contributed by atoms with Crippen LogP contribution in [0.3, 0.4) is 0 Å². The number of benzene rings is 2. The first-order valence-corrected chi connectivity index (χ1v) is 10.5. The fourth-order valence-corrected chi connectivity index (χ4v) is 3.44. The van der Waals surface area contributed by atoms with E-state index in [2.05, 4.69) is 15.6 Å². The summed E-state index contributed by atoms with van der Waals surface area (Å²) in [4.78, 5) is 29.7. The van der Waals surface area contributed by atoms with Crippen LogP contribution in [0.1, 0.15) is 43.9 Å². The number of nitrogen functional groups attached to an aromatic ring is 1. The predicted octanol–water partition coefficient (Wildman–Crippen LogP) is 2.79. The molecule has 0 aliphatic heterocycles. The fourth-order valence-electron chi connectivity index (χ4n) is 3.21. The van der Waals surface area contributed by atoms with Gasteiger partial charge < -0.3 is 30.4 Å². The van der Waals surface area contributed by atoms with Crippen LogP contribution >= 0.6 is 24.0 Å². The Morgan fingerprint density at radius 2 is 1.94 bits per heavy atom. The van der Waals surface area contributed by atoms with Crippen LogP contribution in [0.2, 0.25) is 5.02 Å². The van der Waals surface area contributed by atoms with Gasteiger partial charge in [0.15, 0.2) is 6.23 Å². The number of nitrogens with zero attached hydrogens (tertiary/aromatic N) is 2. The normalized spacial score (nSPS) is 11.2. The van der Waals surface area contributed by atoms with Crippen molar-refractivity contribution >= 4 is 41.7 Å². The van der Waals surface area contributed by atoms with Gasteiger partial charge >= 0.3 is 0 Å². The van der Waals surface area contributed by atoms with Gasteiger partial charge in [-0.2, -0.15) is 0 Å². The molecule has 10 nitrogen and oxygen atoms in total. The number of imidazole rings is 1. The Labute approximate surface area is 213 Å². The second-order valence-corrected chi connectivity index (χ2v) is 7.74. The van der Waals surface area contributed by atoms with Crippen molar-refractivity contribution in [3.63, 3.8) is 0 Å². The third-order valence-electron chi connectivity index (χ3n) is 5.04. The number of hydrogen-bond acceptors (Lipinski definition) is 6. The first kappa shape index (κ1) is 27.6. The average molecular weight is 521 g/mol. The number of carbonyl (C=O) groups is 2. The number of hydrogen-bond donors (Lipinski definition) is 4. The quantitative estimate of drug-likeness (QED) is 0.194. The highest BCUT2D eigenvalue weighted by atomic mass is 35.5. The molecule has 1 aromatic heterocycles. The molecule has 1 atom stereocenters. The second kappa shape index (κ2) is 12.2. The van der Waals surface area contributed by atoms with E-state index in [1.807, 2.05) is 11.6 Å². The number of nitrogens with two attached hydrogens (primary N) is 1. The molecule has 0 spiro atoms. The summed E-state index contributed by atoms with van der Waals surface area (Å²) in [5, 5.41) is 13.2. The molecule has 3 rings (SSSR count). The van der Waals surface area contributed by atoms with E-state index in [0.29, 0.717) is 27.7 Å². The largest absolute Gasteiger partial charge is 0.486 e. The lowest BCUT2D eigenvalue weighted by Crippen LogP contribution is -2.32. The maximum atomic E-state index is 13.0. The van der Waals surface area contributed by atoms with Crippen LogP contribution in [0.5, 0.6) is 5.75 Å². The van der Waals surface area contributed by atoms with E-state index in [0.717, 1.165) is 0 Å². The Kier molecular flexibility index (Phi) is 9.64. The van der Waals surface area contributed by atoms with Gasteiger partial charge in [0, 0.05) is 60.9 Å². The van der Waals surface area contributed by atoms with Crippen LogP contribution < -0.4 is 21.1 Å². The summed E-state index contributed by atoms with van der Waals surface area (Å²) in [5.74, 6) is 0.0103. The zero-order chi connectivity index (χ0) is 24.8. The van der Waals surface area contributed by atoms with Crippen molar-refractivity contribution in [3.05, 3.63) is 81.9 Å². The van der Waals surface area contributed by atoms with Gasteiger partial charge in [-0.05, 0) is 24.3 Å². The van der Waals surface area contributed by atoms with Gasteiger partial charge in [-0.15, -0.1) is 12.4 Å². The van der Waals surface area contributed by atoms with Gasteiger partial charge in [0.2, 0.25) is 0 Å². The van der Waals surface area contributed by atoms with E-state index in [1.54, 1.807) is 36.7 Å². The molecule has 0 bridgehead atoms. The molecular formula is C23H26Cl2N6O4. The zero-order valence-corrected chi connectivity index (χ0v) is 20.9. The average Bonchev–Trinajstić information content (AvgIpc) is 3.24. The Hall–Kier alpha value is -3.60. The van der Waals surface area contributed by atoms with E-state index < -0.39 is 18.0 Å². The van der Waals surface area contributed by atoms with E-state index in [-0.39, 0.29) is 36.0 Å². The minimum atomic E-state index is -0.961. The van der Waals surface area contributed by atoms with Crippen LogP contribution in [0, 0.1) is 5.41 Å². The number of ether oxygens (including phenoxy) is 2. The molecule has 0 aliphatic carbocycles. The minimum absolute atomic E-state index is 0. The highest BCUT2D eigenvalue weighted by Gasteiger charge is 2.22. The lowest BCUT2D eigenvalue weighted by molar-refractivity contribution is 0.0565. The molecule has 35 heavy (non-hydrogen) atoms. The van der Waals surface area contributed by atoms with Crippen molar-refractivity contribution < 1.29 is 19.1 Å². The molecule has 5 N–H and O–H groups in total. The number of amides is 2. The number of rotatable bonds is 9. The Morgan fingerprint density at radius 3 is 2.54 bits per heavy atom. The molecule has 186 valence electrons. The van der Waals surface area contributed by atoms with Gasteiger partial charge in [0.05, 0.1) is 0 Å². The molecule has 0 saturated heterocycles. The minimum Gasteiger partial charge on any atom is -0.486 e. The molecule has 0 fully saturated rings. The number of halogens is 2. The molecule has 1 heterocycles. The highest BCUT2D eigenvalue weighted by Crippen LogP contribution is 2.25. The molecule has 0 aliphatic rings. The predicted molar refractivity (Wildman–Crippen MR) is 134 cm³/mol. The van der Waals surface area contributed by atoms with Gasteiger partial charge in [-0.3, -0.25) is 15.0 Å². The van der Waals surface area contributed by atoms with Crippen LogP contribution in [-0.2, 0) is 18.4 Å². The van der Waals surface area contributed by atoms with Crippen molar-refractivity contribution in [2.45, 2.75) is 12.8 Å². The zero-order valence-electron chi connectivity index (χ0n) is 19.3. The topological polar surface area (TPSA) is 144 Å². The van der Waals surface area contributed by atoms with Crippen LogP contribution in [-0.4, -0.2) is 41.4 Å². The number of amidine groups is 1. The number of aromatic nitrogens is 2. The summed E-state index contributed by atoms with van der Waals surface area (Å²) in [6.07, 6.45) is 2.50. The summed E-state index contributed by atoms with van der Waals surface area (Å²) < 4.78 is 13.0. The van der Waals surface area contributed by atoms with Gasteiger partial charge in [0.1, 0.15) is 24.0 Å². The monoisotopic (exact) mass is 520 g/mol. The molecule has 0 saturated carbocycles. The Balaban J connectivity index is 0.00000432. The first-order chi connectivity index (χ1) is 16.2. The molecule has 2 amide bonds. The van der Waals surface area contributed by atoms with Crippen molar-refractivity contribution in [3.8, 4) is 5.75 Å². The van der Waals surface area contributed by atoms with Crippen LogP contribution in [0.4, 0.5) is 0 Å². The lowest BCUT2D eigenvalue weighted by Gasteiger charge is -2.21. The smallest absolute Gasteiger partial charge is 0.253 e. The molecule has 12 heteroatoms. The first-order valence-electron chi connectivity index (χ1n) is 10.2. The third-order valence-corrected chi connectivity index (χ3v) is 5.26. The summed E-state index contributed by atoms with van der Waals surface area (Å²) >= 11 is 6.21. The maximum absolute atomic E-state index is 13.0. The number of carbonyl (C=O) groups excluding carboxylic acids is 2. The van der Waals surface area contributed by atoms with E-state index in [4.69, 9.17) is 32.2 Å². The summed E-state index contributed by atoms with van der Waals surface area (Å²) in [5.41, 5.74) is 6.78. The molecule has 2 aromatic carbocycles. The van der Waals surface area contributed by atoms with Gasteiger partial charge in [-0.1, -0.05) is 23.7 Å². The van der Waals surface area contributed by atoms with Crippen LogP contribution in [0.25, 0.3) is 0 Å². The SMILES string of the molecule is CNC(=O)c1cc(C(=N)N)ccc1C(NC(=O)c1cc(Cl)cc(OCc2nccn2C)c1)OC.Cl. The Morgan fingerprint density at radius 1 is 1.20 bits per heavy atom. The van der Waals surface area contributed by atoms with Gasteiger partial charge in [-0.25, -0.2) is 4.98 Å². The van der Waals surface area contributed by atoms with Gasteiger partial charge in [0.25, 0.3) is 11.8 Å². The van der Waals surface area contributed by atoms with E-state index in [9.17, 15) is 9.59 Å². The van der Waals surface area contributed by atoms with E-state index in [1.165, 1.54) is 26.3 Å². The van der Waals surface area contributed by atoms with E-state index >= 15 is 0 Å². The molecule has 3 aromatic rings. The number of methoxy groups -OCH3 is 1. The molecular weight excluding hydrogens is 495 g/mol. The molecule has 0 radical (unpaired) electrons. The van der Waals surface area contributed by atoms with Crippen LogP contribution in [0.15, 0.2) is 48.8 Å². The van der Waals surface area contributed by atoms with Crippen molar-refractivity contribution in [1.29, 1.82) is 5.41 Å².